The molecule has 2 aromatic rings. The van der Waals surface area contributed by atoms with Crippen molar-refractivity contribution in [2.75, 3.05) is 26.2 Å². The molecule has 1 aromatic carbocycles. The van der Waals surface area contributed by atoms with Gasteiger partial charge in [0.15, 0.2) is 5.96 Å². The lowest BCUT2D eigenvalue weighted by atomic mass is 9.99. The highest BCUT2D eigenvalue weighted by Gasteiger charge is 2.23. The molecule has 0 saturated carbocycles. The van der Waals surface area contributed by atoms with Crippen LogP contribution in [0.25, 0.3) is 0 Å². The number of hydrogen-bond donors (Lipinski definition) is 3. The van der Waals surface area contributed by atoms with Crippen LogP contribution in [0.3, 0.4) is 0 Å². The standard InChI is InChI=1S/C23H34N4OS/c1-3-24-22(26-18-23(2,28)21-11-14-29-17-21)25-15-19-9-5-6-10-20(19)16-27-12-7-4-8-13-27/h5-6,9-11,14,17,28H,3-4,7-8,12-13,15-16,18H2,1-2H3,(H2,24,25,26). The van der Waals surface area contributed by atoms with Crippen LogP contribution in [0, 0.1) is 0 Å². The molecule has 5 nitrogen and oxygen atoms in total. The van der Waals surface area contributed by atoms with Gasteiger partial charge in [0.05, 0.1) is 13.1 Å². The topological polar surface area (TPSA) is 59.9 Å². The van der Waals surface area contributed by atoms with Crippen molar-refractivity contribution < 1.29 is 5.11 Å². The maximum atomic E-state index is 10.8. The second kappa shape index (κ2) is 10.8. The van der Waals surface area contributed by atoms with Crippen LogP contribution in [0.5, 0.6) is 0 Å². The molecular weight excluding hydrogens is 380 g/mol. The first-order valence-electron chi connectivity index (χ1n) is 10.6. The van der Waals surface area contributed by atoms with Crippen LogP contribution in [-0.2, 0) is 18.7 Å². The molecule has 0 aliphatic carbocycles. The van der Waals surface area contributed by atoms with Gasteiger partial charge in [-0.15, -0.1) is 0 Å². The quantitative estimate of drug-likeness (QED) is 0.455. The Morgan fingerprint density at radius 2 is 1.90 bits per heavy atom. The van der Waals surface area contributed by atoms with Crippen LogP contribution in [-0.4, -0.2) is 42.1 Å². The second-order valence-electron chi connectivity index (χ2n) is 7.94. The number of rotatable bonds is 8. The number of nitrogens with one attached hydrogen (secondary N) is 2. The van der Waals surface area contributed by atoms with Gasteiger partial charge in [0.25, 0.3) is 0 Å². The molecule has 1 aliphatic rings. The Morgan fingerprint density at radius 3 is 2.59 bits per heavy atom. The number of likely N-dealkylation sites (tertiary alicyclic amines) is 1. The summed E-state index contributed by atoms with van der Waals surface area (Å²) in [5, 5.41) is 21.3. The Labute approximate surface area is 178 Å². The minimum absolute atomic E-state index is 0.408. The van der Waals surface area contributed by atoms with E-state index in [2.05, 4.69) is 46.7 Å². The van der Waals surface area contributed by atoms with Crippen LogP contribution in [0.15, 0.2) is 46.1 Å². The number of nitrogens with zero attached hydrogens (tertiary/aromatic N) is 2. The van der Waals surface area contributed by atoms with Gasteiger partial charge < -0.3 is 15.7 Å². The van der Waals surface area contributed by atoms with E-state index in [0.717, 1.165) is 24.6 Å². The van der Waals surface area contributed by atoms with Gasteiger partial charge in [0.1, 0.15) is 5.60 Å². The van der Waals surface area contributed by atoms with E-state index in [1.807, 2.05) is 23.8 Å². The van der Waals surface area contributed by atoms with Gasteiger partial charge in [-0.2, -0.15) is 11.3 Å². The van der Waals surface area contributed by atoms with E-state index in [1.54, 1.807) is 11.3 Å². The number of hydrogen-bond acceptors (Lipinski definition) is 4. The van der Waals surface area contributed by atoms with Gasteiger partial charge >= 0.3 is 0 Å². The molecular formula is C23H34N4OS. The van der Waals surface area contributed by atoms with E-state index >= 15 is 0 Å². The summed E-state index contributed by atoms with van der Waals surface area (Å²) >= 11 is 1.60. The summed E-state index contributed by atoms with van der Waals surface area (Å²) in [7, 11) is 0. The number of aliphatic hydroxyl groups is 1. The minimum atomic E-state index is -0.928. The van der Waals surface area contributed by atoms with E-state index in [4.69, 9.17) is 4.99 Å². The molecule has 1 unspecified atom stereocenters. The predicted molar refractivity (Wildman–Crippen MR) is 122 cm³/mol. The summed E-state index contributed by atoms with van der Waals surface area (Å²) in [6.07, 6.45) is 3.97. The first-order chi connectivity index (χ1) is 14.1. The number of piperidine rings is 1. The van der Waals surface area contributed by atoms with Gasteiger partial charge in [0.2, 0.25) is 0 Å². The SMILES string of the molecule is CCNC(=NCc1ccccc1CN1CCCCC1)NCC(C)(O)c1ccsc1. The number of thiophene rings is 1. The Morgan fingerprint density at radius 1 is 1.14 bits per heavy atom. The van der Waals surface area contributed by atoms with Crippen molar-refractivity contribution in [2.45, 2.75) is 51.8 Å². The monoisotopic (exact) mass is 414 g/mol. The van der Waals surface area contributed by atoms with Crippen LogP contribution in [0.4, 0.5) is 0 Å². The molecule has 0 bridgehead atoms. The van der Waals surface area contributed by atoms with Gasteiger partial charge in [-0.1, -0.05) is 30.7 Å². The summed E-state index contributed by atoms with van der Waals surface area (Å²) in [5.74, 6) is 0.732. The number of aliphatic imine (C=N–C) groups is 1. The maximum Gasteiger partial charge on any atom is 0.191 e. The van der Waals surface area contributed by atoms with Crippen molar-refractivity contribution in [2.24, 2.45) is 4.99 Å². The molecule has 0 amide bonds. The molecule has 2 heterocycles. The maximum absolute atomic E-state index is 10.8. The second-order valence-corrected chi connectivity index (χ2v) is 8.72. The first-order valence-corrected chi connectivity index (χ1v) is 11.6. The lowest BCUT2D eigenvalue weighted by molar-refractivity contribution is 0.0621. The fourth-order valence-corrected chi connectivity index (χ4v) is 4.44. The summed E-state index contributed by atoms with van der Waals surface area (Å²) in [5.41, 5.74) is 2.62. The highest BCUT2D eigenvalue weighted by molar-refractivity contribution is 7.08. The number of benzene rings is 1. The molecule has 1 aromatic heterocycles. The minimum Gasteiger partial charge on any atom is -0.384 e. The molecule has 3 rings (SSSR count). The van der Waals surface area contributed by atoms with Gasteiger partial charge in [0, 0.05) is 13.1 Å². The van der Waals surface area contributed by atoms with Gasteiger partial charge in [-0.3, -0.25) is 4.90 Å². The molecule has 0 spiro atoms. The molecule has 1 saturated heterocycles. The van der Waals surface area contributed by atoms with Crippen LogP contribution in [0.1, 0.15) is 49.8 Å². The van der Waals surface area contributed by atoms with E-state index in [-0.39, 0.29) is 0 Å². The first kappa shape index (κ1) is 21.8. The van der Waals surface area contributed by atoms with Gasteiger partial charge in [-0.25, -0.2) is 4.99 Å². The molecule has 158 valence electrons. The van der Waals surface area contributed by atoms with Crippen molar-refractivity contribution in [3.05, 3.63) is 57.8 Å². The average molecular weight is 415 g/mol. The Balaban J connectivity index is 1.64. The van der Waals surface area contributed by atoms with E-state index in [0.29, 0.717) is 13.1 Å². The largest absolute Gasteiger partial charge is 0.384 e. The van der Waals surface area contributed by atoms with Crippen LogP contribution < -0.4 is 10.6 Å². The molecule has 29 heavy (non-hydrogen) atoms. The molecule has 1 aliphatic heterocycles. The highest BCUT2D eigenvalue weighted by Crippen LogP contribution is 2.22. The summed E-state index contributed by atoms with van der Waals surface area (Å²) < 4.78 is 0. The van der Waals surface area contributed by atoms with Crippen molar-refractivity contribution in [1.82, 2.24) is 15.5 Å². The van der Waals surface area contributed by atoms with E-state index in [1.165, 1.54) is 43.5 Å². The third-order valence-electron chi connectivity index (χ3n) is 5.46. The van der Waals surface area contributed by atoms with E-state index in [9.17, 15) is 5.11 Å². The molecule has 1 atom stereocenters. The zero-order chi connectivity index (χ0) is 20.5. The molecule has 3 N–H and O–H groups in total. The van der Waals surface area contributed by atoms with Crippen molar-refractivity contribution >= 4 is 17.3 Å². The van der Waals surface area contributed by atoms with Gasteiger partial charge in [-0.05, 0) is 73.3 Å². The fourth-order valence-electron chi connectivity index (χ4n) is 3.66. The fraction of sp³-hybridized carbons (Fsp3) is 0.522. The Kier molecular flexibility index (Phi) is 8.09. The van der Waals surface area contributed by atoms with Crippen LogP contribution in [0.2, 0.25) is 0 Å². The zero-order valence-electron chi connectivity index (χ0n) is 17.7. The summed E-state index contributed by atoms with van der Waals surface area (Å²) in [6.45, 7) is 9.09. The normalized spacial score (nSPS) is 17.7. The molecule has 1 fully saturated rings. The van der Waals surface area contributed by atoms with Crippen molar-refractivity contribution in [1.29, 1.82) is 0 Å². The third kappa shape index (κ3) is 6.56. The molecule has 0 radical (unpaired) electrons. The van der Waals surface area contributed by atoms with E-state index < -0.39 is 5.60 Å². The smallest absolute Gasteiger partial charge is 0.191 e. The summed E-state index contributed by atoms with van der Waals surface area (Å²) in [4.78, 5) is 7.34. The van der Waals surface area contributed by atoms with Crippen LogP contribution >= 0.6 is 11.3 Å². The van der Waals surface area contributed by atoms with Crippen molar-refractivity contribution in [3.63, 3.8) is 0 Å². The average Bonchev–Trinajstić information content (AvgIpc) is 3.28. The lowest BCUT2D eigenvalue weighted by Crippen LogP contribution is -2.44. The zero-order valence-corrected chi connectivity index (χ0v) is 18.5. The van der Waals surface area contributed by atoms with Crippen molar-refractivity contribution in [3.8, 4) is 0 Å². The lowest BCUT2D eigenvalue weighted by Gasteiger charge is -2.27. The Bertz CT molecular complexity index is 767. The molecule has 6 heteroatoms. The Hall–Kier alpha value is -1.89. The third-order valence-corrected chi connectivity index (χ3v) is 6.14. The number of guanidine groups is 1. The summed E-state index contributed by atoms with van der Waals surface area (Å²) in [6, 6.07) is 10.6. The highest BCUT2D eigenvalue weighted by atomic mass is 32.1. The predicted octanol–water partition coefficient (Wildman–Crippen LogP) is 3.70.